The number of hydrogen-bond acceptors (Lipinski definition) is 7. The number of anilines is 2. The van der Waals surface area contributed by atoms with Crippen molar-refractivity contribution >= 4 is 17.5 Å². The van der Waals surface area contributed by atoms with E-state index in [4.69, 9.17) is 0 Å². The van der Waals surface area contributed by atoms with Crippen LogP contribution in [0.1, 0.15) is 31.4 Å². The highest BCUT2D eigenvalue weighted by Crippen LogP contribution is 2.19. The van der Waals surface area contributed by atoms with E-state index in [1.807, 2.05) is 6.07 Å². The highest BCUT2D eigenvalue weighted by molar-refractivity contribution is 5.76. The average Bonchev–Trinajstić information content (AvgIpc) is 3.05. The van der Waals surface area contributed by atoms with E-state index >= 15 is 0 Å². The molecule has 0 bridgehead atoms. The summed E-state index contributed by atoms with van der Waals surface area (Å²) in [4.78, 5) is 34.9. The third kappa shape index (κ3) is 4.77. The smallest absolute Gasteiger partial charge is 0.253 e. The van der Waals surface area contributed by atoms with Gasteiger partial charge in [-0.2, -0.15) is 0 Å². The summed E-state index contributed by atoms with van der Waals surface area (Å²) in [5.74, 6) is 1.73. The fourth-order valence-electron chi connectivity index (χ4n) is 4.02. The largest absolute Gasteiger partial charge is 0.355 e. The van der Waals surface area contributed by atoms with Crippen LogP contribution < -0.4 is 15.4 Å². The van der Waals surface area contributed by atoms with Gasteiger partial charge in [0.05, 0.1) is 6.33 Å². The lowest BCUT2D eigenvalue weighted by Gasteiger charge is -2.35. The van der Waals surface area contributed by atoms with Gasteiger partial charge in [-0.1, -0.05) is 12.8 Å². The number of carbonyl (C=O) groups excluding carboxylic acids is 1. The monoisotopic (exact) mass is 411 g/mol. The van der Waals surface area contributed by atoms with Crippen molar-refractivity contribution in [1.82, 2.24) is 24.6 Å². The molecule has 9 heteroatoms. The first-order valence-electron chi connectivity index (χ1n) is 10.7. The molecule has 2 fully saturated rings. The fraction of sp³-hybridized carbons (Fsp3) is 0.571. The standard InChI is InChI=1S/C21H29N7O2/c1-17-14-20(29)28(16-22-17)15-21(30)27-12-10-26(11-13-27)19-7-6-18(23-24-19)25-8-4-2-3-5-9-25/h6-7,14,16H,2-5,8-13,15H2,1H3. The molecular weight excluding hydrogens is 382 g/mol. The average molecular weight is 412 g/mol. The first kappa shape index (κ1) is 20.3. The Hall–Kier alpha value is -2.97. The van der Waals surface area contributed by atoms with Crippen LogP contribution in [0.5, 0.6) is 0 Å². The Morgan fingerprint density at radius 2 is 1.50 bits per heavy atom. The molecule has 2 aliphatic rings. The van der Waals surface area contributed by atoms with Crippen molar-refractivity contribution in [2.75, 3.05) is 49.1 Å². The molecule has 9 nitrogen and oxygen atoms in total. The zero-order valence-corrected chi connectivity index (χ0v) is 17.5. The van der Waals surface area contributed by atoms with Crippen LogP contribution >= 0.6 is 0 Å². The van der Waals surface area contributed by atoms with Crippen LogP contribution in [-0.4, -0.2) is 69.8 Å². The second-order valence-corrected chi connectivity index (χ2v) is 8.02. The molecule has 0 unspecified atom stereocenters. The lowest BCUT2D eigenvalue weighted by molar-refractivity contribution is -0.132. The van der Waals surface area contributed by atoms with Crippen LogP contribution in [0, 0.1) is 6.92 Å². The predicted molar refractivity (Wildman–Crippen MR) is 115 cm³/mol. The number of carbonyl (C=O) groups is 1. The number of piperazine rings is 1. The van der Waals surface area contributed by atoms with Crippen LogP contribution in [0.25, 0.3) is 0 Å². The van der Waals surface area contributed by atoms with E-state index in [1.54, 1.807) is 11.8 Å². The van der Waals surface area contributed by atoms with Crippen LogP contribution in [-0.2, 0) is 11.3 Å². The Bertz CT molecular complexity index is 912. The summed E-state index contributed by atoms with van der Waals surface area (Å²) < 4.78 is 1.36. The molecule has 2 aliphatic heterocycles. The first-order chi connectivity index (χ1) is 14.6. The number of rotatable bonds is 4. The molecule has 0 N–H and O–H groups in total. The molecule has 0 radical (unpaired) electrons. The highest BCUT2D eigenvalue weighted by Gasteiger charge is 2.23. The predicted octanol–water partition coefficient (Wildman–Crippen LogP) is 1.07. The molecule has 4 heterocycles. The van der Waals surface area contributed by atoms with Gasteiger partial charge in [-0.25, -0.2) is 4.98 Å². The molecule has 2 saturated heterocycles. The van der Waals surface area contributed by atoms with Crippen molar-refractivity contribution < 1.29 is 4.79 Å². The number of nitrogens with zero attached hydrogens (tertiary/aromatic N) is 7. The van der Waals surface area contributed by atoms with Crippen LogP contribution in [0.15, 0.2) is 29.3 Å². The van der Waals surface area contributed by atoms with Crippen molar-refractivity contribution in [2.45, 2.75) is 39.2 Å². The fourth-order valence-corrected chi connectivity index (χ4v) is 4.02. The number of aryl methyl sites for hydroxylation is 1. The van der Waals surface area contributed by atoms with Gasteiger partial charge in [0.2, 0.25) is 5.91 Å². The topological polar surface area (TPSA) is 87.5 Å². The van der Waals surface area contributed by atoms with Gasteiger partial charge < -0.3 is 14.7 Å². The highest BCUT2D eigenvalue weighted by atomic mass is 16.2. The molecule has 1 amide bonds. The molecule has 0 atom stereocenters. The molecule has 0 aromatic carbocycles. The van der Waals surface area contributed by atoms with Crippen LogP contribution in [0.2, 0.25) is 0 Å². The molecule has 0 saturated carbocycles. The van der Waals surface area contributed by atoms with Gasteiger partial charge in [0.1, 0.15) is 6.54 Å². The second-order valence-electron chi connectivity index (χ2n) is 8.02. The molecule has 2 aromatic rings. The minimum atomic E-state index is -0.200. The SMILES string of the molecule is Cc1cc(=O)n(CC(=O)N2CCN(c3ccc(N4CCCCCC4)nn3)CC2)cn1. The van der Waals surface area contributed by atoms with Crippen molar-refractivity contribution in [1.29, 1.82) is 0 Å². The van der Waals surface area contributed by atoms with Crippen molar-refractivity contribution in [3.8, 4) is 0 Å². The lowest BCUT2D eigenvalue weighted by Crippen LogP contribution is -2.50. The quantitative estimate of drug-likeness (QED) is 0.744. The summed E-state index contributed by atoms with van der Waals surface area (Å²) in [6.07, 6.45) is 6.45. The molecule has 2 aromatic heterocycles. The second kappa shape index (κ2) is 9.23. The van der Waals surface area contributed by atoms with E-state index in [2.05, 4.69) is 31.0 Å². The van der Waals surface area contributed by atoms with Crippen molar-refractivity contribution in [2.24, 2.45) is 0 Å². The summed E-state index contributed by atoms with van der Waals surface area (Å²) in [5, 5.41) is 8.90. The minimum absolute atomic E-state index is 0.0243. The molecule has 4 rings (SSSR count). The van der Waals surface area contributed by atoms with E-state index in [0.717, 1.165) is 24.7 Å². The van der Waals surface area contributed by atoms with Crippen molar-refractivity contribution in [3.63, 3.8) is 0 Å². The Kier molecular flexibility index (Phi) is 6.25. The summed E-state index contributed by atoms with van der Waals surface area (Å²) in [6.45, 7) is 6.48. The van der Waals surface area contributed by atoms with E-state index in [-0.39, 0.29) is 18.0 Å². The van der Waals surface area contributed by atoms with Crippen molar-refractivity contribution in [3.05, 3.63) is 40.6 Å². The van der Waals surface area contributed by atoms with Gasteiger partial charge in [-0.15, -0.1) is 10.2 Å². The molecule has 0 aliphatic carbocycles. The van der Waals surface area contributed by atoms with Crippen LogP contribution in [0.3, 0.4) is 0 Å². The van der Waals surface area contributed by atoms with Gasteiger partial charge in [-0.05, 0) is 31.9 Å². The minimum Gasteiger partial charge on any atom is -0.355 e. The maximum atomic E-state index is 12.6. The zero-order valence-electron chi connectivity index (χ0n) is 17.5. The van der Waals surface area contributed by atoms with Gasteiger partial charge >= 0.3 is 0 Å². The number of aromatic nitrogens is 4. The van der Waals surface area contributed by atoms with Gasteiger partial charge in [0.25, 0.3) is 5.56 Å². The van der Waals surface area contributed by atoms with E-state index < -0.39 is 0 Å². The molecule has 160 valence electrons. The Labute approximate surface area is 176 Å². The Balaban J connectivity index is 1.31. The third-order valence-electron chi connectivity index (χ3n) is 5.84. The van der Waals surface area contributed by atoms with E-state index in [1.165, 1.54) is 42.6 Å². The van der Waals surface area contributed by atoms with Crippen LogP contribution in [0.4, 0.5) is 11.6 Å². The Morgan fingerprint density at radius 3 is 2.07 bits per heavy atom. The summed E-state index contributed by atoms with van der Waals surface area (Å²) >= 11 is 0. The molecule has 30 heavy (non-hydrogen) atoms. The Morgan fingerprint density at radius 1 is 0.900 bits per heavy atom. The normalized spacial score (nSPS) is 17.7. The lowest BCUT2D eigenvalue weighted by atomic mass is 10.2. The van der Waals surface area contributed by atoms with E-state index in [0.29, 0.717) is 31.9 Å². The first-order valence-corrected chi connectivity index (χ1v) is 10.7. The van der Waals surface area contributed by atoms with E-state index in [9.17, 15) is 9.59 Å². The zero-order chi connectivity index (χ0) is 20.9. The number of hydrogen-bond donors (Lipinski definition) is 0. The molecule has 0 spiro atoms. The maximum absolute atomic E-state index is 12.6. The van der Waals surface area contributed by atoms with Gasteiger partial charge in [0, 0.05) is 51.0 Å². The molecular formula is C21H29N7O2. The van der Waals surface area contributed by atoms with Gasteiger partial charge in [0.15, 0.2) is 11.6 Å². The van der Waals surface area contributed by atoms with Gasteiger partial charge in [-0.3, -0.25) is 14.2 Å². The summed E-state index contributed by atoms with van der Waals surface area (Å²) in [7, 11) is 0. The third-order valence-corrected chi connectivity index (χ3v) is 5.84. The summed E-state index contributed by atoms with van der Waals surface area (Å²) in [5.41, 5.74) is 0.453. The summed E-state index contributed by atoms with van der Waals surface area (Å²) in [6, 6.07) is 5.53. The number of amides is 1. The maximum Gasteiger partial charge on any atom is 0.253 e.